The molecule has 1 aliphatic carbocycles. The van der Waals surface area contributed by atoms with Crippen molar-refractivity contribution < 1.29 is 18.7 Å². The first-order valence-corrected chi connectivity index (χ1v) is 12.7. The van der Waals surface area contributed by atoms with Gasteiger partial charge in [0.15, 0.2) is 0 Å². The molecule has 1 saturated carbocycles. The molecule has 188 valence electrons. The maximum absolute atomic E-state index is 15.2. The summed E-state index contributed by atoms with van der Waals surface area (Å²) in [6, 6.07) is 5.04. The number of halogens is 2. The smallest absolute Gasteiger partial charge is 0.303 e. The van der Waals surface area contributed by atoms with Crippen molar-refractivity contribution in [3.05, 3.63) is 53.4 Å². The van der Waals surface area contributed by atoms with Gasteiger partial charge in [-0.1, -0.05) is 6.08 Å². The van der Waals surface area contributed by atoms with Crippen LogP contribution in [-0.2, 0) is 11.3 Å². The van der Waals surface area contributed by atoms with Crippen LogP contribution in [0.3, 0.4) is 0 Å². The predicted octanol–water partition coefficient (Wildman–Crippen LogP) is 5.58. The van der Waals surface area contributed by atoms with Gasteiger partial charge in [-0.25, -0.2) is 13.8 Å². The summed E-state index contributed by atoms with van der Waals surface area (Å²) in [5, 5.41) is 9.82. The van der Waals surface area contributed by atoms with E-state index in [1.165, 1.54) is 23.9 Å². The number of carbonyl (C=O) groups is 1. The third-order valence-corrected chi connectivity index (χ3v) is 8.27. The summed E-state index contributed by atoms with van der Waals surface area (Å²) in [6.07, 6.45) is 8.68. The van der Waals surface area contributed by atoms with Crippen molar-refractivity contribution in [3.8, 4) is 11.1 Å². The number of aliphatic carboxylic acids is 1. The van der Waals surface area contributed by atoms with Crippen molar-refractivity contribution >= 4 is 28.3 Å². The van der Waals surface area contributed by atoms with Gasteiger partial charge in [0, 0.05) is 72.6 Å². The van der Waals surface area contributed by atoms with E-state index in [2.05, 4.69) is 20.9 Å². The van der Waals surface area contributed by atoms with E-state index in [9.17, 15) is 9.18 Å². The molecular formula is C28H30F2N4O2. The molecule has 0 bridgehead atoms. The van der Waals surface area contributed by atoms with E-state index in [4.69, 9.17) is 5.11 Å². The van der Waals surface area contributed by atoms with Gasteiger partial charge in [-0.05, 0) is 61.8 Å². The highest BCUT2D eigenvalue weighted by Gasteiger charge is 2.31. The molecule has 3 aromatic rings. The Morgan fingerprint density at radius 3 is 2.75 bits per heavy atom. The number of anilines is 1. The second-order valence-corrected chi connectivity index (χ2v) is 10.4. The van der Waals surface area contributed by atoms with Crippen LogP contribution in [0.1, 0.15) is 49.8 Å². The average Bonchev–Trinajstić information content (AvgIpc) is 3.16. The lowest BCUT2D eigenvalue weighted by Crippen LogP contribution is -2.40. The number of H-pyrrole nitrogens is 1. The van der Waals surface area contributed by atoms with Crippen molar-refractivity contribution in [3.63, 3.8) is 0 Å². The Hall–Kier alpha value is -3.26. The Labute approximate surface area is 208 Å². The van der Waals surface area contributed by atoms with Crippen LogP contribution < -0.4 is 4.90 Å². The first-order valence-electron chi connectivity index (χ1n) is 12.7. The van der Waals surface area contributed by atoms with Crippen molar-refractivity contribution in [2.45, 2.75) is 51.1 Å². The molecule has 6 rings (SSSR count). The van der Waals surface area contributed by atoms with Gasteiger partial charge in [-0.15, -0.1) is 0 Å². The summed E-state index contributed by atoms with van der Waals surface area (Å²) in [7, 11) is 1.95. The number of aromatic amines is 1. The monoisotopic (exact) mass is 492 g/mol. The second kappa shape index (κ2) is 9.00. The average molecular weight is 493 g/mol. The highest BCUT2D eigenvalue weighted by molar-refractivity contribution is 6.03. The van der Waals surface area contributed by atoms with E-state index in [1.54, 1.807) is 6.07 Å². The van der Waals surface area contributed by atoms with E-state index in [0.717, 1.165) is 67.5 Å². The summed E-state index contributed by atoms with van der Waals surface area (Å²) in [4.78, 5) is 23.4. The zero-order valence-electron chi connectivity index (χ0n) is 20.4. The molecule has 1 aromatic carbocycles. The van der Waals surface area contributed by atoms with Crippen LogP contribution in [0.5, 0.6) is 0 Å². The first kappa shape index (κ1) is 23.2. The highest BCUT2D eigenvalue weighted by Crippen LogP contribution is 2.44. The zero-order chi connectivity index (χ0) is 25.0. The SMILES string of the molecule is CN1Cc2c(C3=CCN(C4CCC(CC(=O)O)CC4)CC3)[nH]c3ncc(F)c(c23)-c2cc(F)ccc21. The lowest BCUT2D eigenvalue weighted by molar-refractivity contribution is -0.138. The van der Waals surface area contributed by atoms with E-state index < -0.39 is 17.6 Å². The molecule has 2 aromatic heterocycles. The van der Waals surface area contributed by atoms with Crippen LogP contribution in [0.4, 0.5) is 14.5 Å². The van der Waals surface area contributed by atoms with Gasteiger partial charge in [0.05, 0.1) is 6.20 Å². The normalized spacial score (nSPS) is 22.3. The third-order valence-electron chi connectivity index (χ3n) is 8.27. The van der Waals surface area contributed by atoms with Gasteiger partial charge < -0.3 is 15.0 Å². The lowest BCUT2D eigenvalue weighted by Gasteiger charge is -2.38. The minimum atomic E-state index is -0.696. The molecule has 0 atom stereocenters. The number of nitrogens with zero attached hydrogens (tertiary/aromatic N) is 3. The number of pyridine rings is 1. The van der Waals surface area contributed by atoms with Crippen LogP contribution in [0, 0.1) is 17.6 Å². The number of rotatable bonds is 4. The summed E-state index contributed by atoms with van der Waals surface area (Å²) >= 11 is 0. The molecule has 8 heteroatoms. The number of carboxylic acids is 1. The van der Waals surface area contributed by atoms with Gasteiger partial charge >= 0.3 is 5.97 Å². The summed E-state index contributed by atoms with van der Waals surface area (Å²) < 4.78 is 29.4. The van der Waals surface area contributed by atoms with Crippen LogP contribution in [0.25, 0.3) is 27.7 Å². The van der Waals surface area contributed by atoms with Gasteiger partial charge in [0.25, 0.3) is 0 Å². The van der Waals surface area contributed by atoms with Crippen molar-refractivity contribution in [1.82, 2.24) is 14.9 Å². The molecule has 4 heterocycles. The minimum Gasteiger partial charge on any atom is -0.481 e. The fourth-order valence-corrected chi connectivity index (χ4v) is 6.46. The number of fused-ring (bicyclic) bond motifs is 2. The maximum atomic E-state index is 15.2. The largest absolute Gasteiger partial charge is 0.481 e. The fourth-order valence-electron chi connectivity index (χ4n) is 6.46. The number of carboxylic acid groups (broad SMARTS) is 1. The molecule has 0 unspecified atom stereocenters. The Balaban J connectivity index is 1.30. The Kier molecular flexibility index (Phi) is 5.79. The molecule has 0 spiro atoms. The minimum absolute atomic E-state index is 0.279. The highest BCUT2D eigenvalue weighted by atomic mass is 19.1. The van der Waals surface area contributed by atoms with Crippen molar-refractivity contribution in [1.29, 1.82) is 0 Å². The second-order valence-electron chi connectivity index (χ2n) is 10.4. The van der Waals surface area contributed by atoms with Crippen LogP contribution in [-0.4, -0.2) is 52.1 Å². The topological polar surface area (TPSA) is 72.5 Å². The number of benzene rings is 1. The quantitative estimate of drug-likeness (QED) is 0.498. The molecule has 2 N–H and O–H groups in total. The number of hydrogen-bond acceptors (Lipinski definition) is 4. The Morgan fingerprint density at radius 1 is 1.22 bits per heavy atom. The predicted molar refractivity (Wildman–Crippen MR) is 136 cm³/mol. The first-order chi connectivity index (χ1) is 17.4. The van der Waals surface area contributed by atoms with E-state index >= 15 is 4.39 Å². The van der Waals surface area contributed by atoms with Crippen LogP contribution in [0.15, 0.2) is 30.5 Å². The van der Waals surface area contributed by atoms with Gasteiger partial charge in [-0.2, -0.15) is 0 Å². The molecule has 2 aliphatic heterocycles. The molecule has 1 fully saturated rings. The van der Waals surface area contributed by atoms with E-state index in [1.807, 2.05) is 11.9 Å². The maximum Gasteiger partial charge on any atom is 0.303 e. The van der Waals surface area contributed by atoms with Gasteiger partial charge in [0.2, 0.25) is 0 Å². The van der Waals surface area contributed by atoms with E-state index in [0.29, 0.717) is 35.3 Å². The van der Waals surface area contributed by atoms with Crippen LogP contribution >= 0.6 is 0 Å². The molecule has 0 saturated heterocycles. The van der Waals surface area contributed by atoms with E-state index in [-0.39, 0.29) is 6.42 Å². The molecule has 0 radical (unpaired) electrons. The fraction of sp³-hybridized carbons (Fsp3) is 0.429. The third kappa shape index (κ3) is 3.97. The Morgan fingerprint density at radius 2 is 2.03 bits per heavy atom. The zero-order valence-corrected chi connectivity index (χ0v) is 20.4. The van der Waals surface area contributed by atoms with Crippen molar-refractivity contribution in [2.24, 2.45) is 5.92 Å². The standard InChI is InChI=1S/C28H30F2N4O2/c1-33-15-21-26-25(20-13-18(29)4-7-23(20)33)22(30)14-31-28(26)32-27(21)17-8-10-34(11-9-17)19-5-2-16(3-6-19)12-24(35)36/h4,7-8,13-14,16,19H,2-3,5-6,9-12,15H2,1H3,(H,31,32)(H,35,36). The molecule has 36 heavy (non-hydrogen) atoms. The van der Waals surface area contributed by atoms with Crippen LogP contribution in [0.2, 0.25) is 0 Å². The summed E-state index contributed by atoms with van der Waals surface area (Å²) in [5.41, 5.74) is 5.58. The van der Waals surface area contributed by atoms with Crippen molar-refractivity contribution in [2.75, 3.05) is 25.0 Å². The molecule has 6 nitrogen and oxygen atoms in total. The van der Waals surface area contributed by atoms with Gasteiger partial charge in [0.1, 0.15) is 17.3 Å². The lowest BCUT2D eigenvalue weighted by atomic mass is 9.83. The summed E-state index contributed by atoms with van der Waals surface area (Å²) in [5.74, 6) is -1.23. The summed E-state index contributed by atoms with van der Waals surface area (Å²) in [6.45, 7) is 2.35. The molecule has 3 aliphatic rings. The van der Waals surface area contributed by atoms with Gasteiger partial charge in [-0.3, -0.25) is 9.69 Å². The number of nitrogens with one attached hydrogen (secondary N) is 1. The molecular weight excluding hydrogens is 462 g/mol. The molecule has 0 amide bonds. The Bertz CT molecular complexity index is 1370. The number of aromatic nitrogens is 2. The number of hydrogen-bond donors (Lipinski definition) is 2.